The van der Waals surface area contributed by atoms with Gasteiger partial charge in [-0.2, -0.15) is 0 Å². The number of carbonyl (C=O) groups excluding carboxylic acids is 2. The van der Waals surface area contributed by atoms with Crippen molar-refractivity contribution < 1.29 is 33.0 Å². The van der Waals surface area contributed by atoms with Gasteiger partial charge in [-0.05, 0) is 60.7 Å². The first-order valence-electron chi connectivity index (χ1n) is 11.1. The second kappa shape index (κ2) is 10.1. The summed E-state index contributed by atoms with van der Waals surface area (Å²) in [6, 6.07) is 10.7. The van der Waals surface area contributed by atoms with Crippen molar-refractivity contribution in [1.82, 2.24) is 10.3 Å². The van der Waals surface area contributed by atoms with Gasteiger partial charge in [0.1, 0.15) is 23.8 Å². The number of halogens is 2. The Hall–Kier alpha value is -4.01. The predicted octanol–water partition coefficient (Wildman–Crippen LogP) is 3.88. The molecular weight excluding hydrogens is 458 g/mol. The van der Waals surface area contributed by atoms with Crippen LogP contribution in [0.25, 0.3) is 0 Å². The van der Waals surface area contributed by atoms with Crippen molar-refractivity contribution >= 4 is 11.9 Å². The number of pyridine rings is 1. The third-order valence-electron chi connectivity index (χ3n) is 6.03. The maximum atomic E-state index is 13.8. The molecule has 0 saturated heterocycles. The maximum absolute atomic E-state index is 13.8. The number of carbonyl (C=O) groups is 2. The zero-order valence-electron chi connectivity index (χ0n) is 19.1. The van der Waals surface area contributed by atoms with Gasteiger partial charge < -0.3 is 19.9 Å². The topological polar surface area (TPSA) is 97.8 Å². The van der Waals surface area contributed by atoms with Crippen LogP contribution in [0.5, 0.6) is 11.5 Å². The fraction of sp³-hybridized carbons (Fsp3) is 0.269. The first-order valence-corrected chi connectivity index (χ1v) is 11.1. The van der Waals surface area contributed by atoms with Crippen LogP contribution >= 0.6 is 0 Å². The summed E-state index contributed by atoms with van der Waals surface area (Å²) >= 11 is 0. The molecule has 3 aromatic rings. The Morgan fingerprint density at radius 3 is 2.54 bits per heavy atom. The zero-order valence-corrected chi connectivity index (χ0v) is 19.1. The van der Waals surface area contributed by atoms with Crippen LogP contribution < -0.4 is 10.1 Å². The highest BCUT2D eigenvalue weighted by molar-refractivity contribution is 5.97. The number of aromatic nitrogens is 1. The van der Waals surface area contributed by atoms with Crippen LogP contribution in [0.1, 0.15) is 46.4 Å². The van der Waals surface area contributed by atoms with E-state index in [4.69, 9.17) is 9.47 Å². The van der Waals surface area contributed by atoms with Gasteiger partial charge in [0.2, 0.25) is 0 Å². The quantitative estimate of drug-likeness (QED) is 0.518. The number of amides is 1. The maximum Gasteiger partial charge on any atom is 0.328 e. The third kappa shape index (κ3) is 5.08. The van der Waals surface area contributed by atoms with E-state index in [1.807, 2.05) is 0 Å². The van der Waals surface area contributed by atoms with Gasteiger partial charge in [-0.1, -0.05) is 18.2 Å². The number of fused-ring (bicyclic) bond motifs is 1. The summed E-state index contributed by atoms with van der Waals surface area (Å²) in [6.07, 6.45) is 1.59. The number of esters is 1. The van der Waals surface area contributed by atoms with E-state index in [1.165, 1.54) is 50.6 Å². The molecule has 0 saturated carbocycles. The Balaban J connectivity index is 1.53. The smallest absolute Gasteiger partial charge is 0.328 e. The van der Waals surface area contributed by atoms with Crippen molar-refractivity contribution in [2.24, 2.45) is 0 Å². The van der Waals surface area contributed by atoms with Gasteiger partial charge in [-0.15, -0.1) is 0 Å². The molecule has 1 amide bonds. The number of rotatable bonds is 6. The minimum absolute atomic E-state index is 0.0693. The lowest BCUT2D eigenvalue weighted by molar-refractivity contribution is -0.152. The van der Waals surface area contributed by atoms with Crippen LogP contribution in [-0.4, -0.2) is 41.2 Å². The number of nitrogens with zero attached hydrogens (tertiary/aromatic N) is 1. The van der Waals surface area contributed by atoms with Crippen molar-refractivity contribution in [1.29, 1.82) is 0 Å². The van der Waals surface area contributed by atoms with E-state index in [0.29, 0.717) is 12.8 Å². The average Bonchev–Trinajstić information content (AvgIpc) is 2.84. The lowest BCUT2D eigenvalue weighted by Crippen LogP contribution is -2.42. The lowest BCUT2D eigenvalue weighted by Gasteiger charge is -2.34. The molecule has 1 aliphatic carbocycles. The molecule has 0 unspecified atom stereocenters. The largest absolute Gasteiger partial charge is 0.503 e. The van der Waals surface area contributed by atoms with Crippen molar-refractivity contribution in [2.45, 2.75) is 37.8 Å². The Morgan fingerprint density at radius 1 is 1.11 bits per heavy atom. The summed E-state index contributed by atoms with van der Waals surface area (Å²) in [5, 5.41) is 12.6. The molecular formula is C26H24F2N2O5. The third-order valence-corrected chi connectivity index (χ3v) is 6.03. The van der Waals surface area contributed by atoms with E-state index in [9.17, 15) is 23.5 Å². The van der Waals surface area contributed by atoms with Gasteiger partial charge in [-0.3, -0.25) is 4.79 Å². The van der Waals surface area contributed by atoms with Crippen molar-refractivity contribution in [3.63, 3.8) is 0 Å². The number of aryl methyl sites for hydroxylation is 1. The van der Waals surface area contributed by atoms with E-state index < -0.39 is 41.5 Å². The fourth-order valence-corrected chi connectivity index (χ4v) is 4.29. The average molecular weight is 482 g/mol. The number of hydrogen-bond acceptors (Lipinski definition) is 6. The number of methoxy groups -OCH3 is 1. The van der Waals surface area contributed by atoms with Crippen LogP contribution in [0, 0.1) is 11.6 Å². The Morgan fingerprint density at radius 2 is 1.83 bits per heavy atom. The van der Waals surface area contributed by atoms with Crippen molar-refractivity contribution in [2.75, 3.05) is 7.11 Å². The highest BCUT2D eigenvalue weighted by atomic mass is 19.1. The van der Waals surface area contributed by atoms with Crippen molar-refractivity contribution in [3.8, 4) is 11.5 Å². The summed E-state index contributed by atoms with van der Waals surface area (Å²) in [5.41, 5.74) is 2.03. The Bertz CT molecular complexity index is 1250. The summed E-state index contributed by atoms with van der Waals surface area (Å²) in [4.78, 5) is 29.4. The molecule has 0 fully saturated rings. The number of aromatic hydroxyl groups is 1. The first kappa shape index (κ1) is 24.1. The first-order chi connectivity index (χ1) is 16.8. The molecule has 182 valence electrons. The molecule has 2 aromatic carbocycles. The number of nitrogens with one attached hydrogen (secondary N) is 1. The molecule has 3 atom stereocenters. The molecule has 35 heavy (non-hydrogen) atoms. The summed E-state index contributed by atoms with van der Waals surface area (Å²) in [5.74, 6) is -3.03. The number of benzene rings is 2. The summed E-state index contributed by atoms with van der Waals surface area (Å²) < 4.78 is 38.1. The van der Waals surface area contributed by atoms with E-state index in [-0.39, 0.29) is 17.3 Å². The molecule has 9 heteroatoms. The molecule has 0 radical (unpaired) electrons. The summed E-state index contributed by atoms with van der Waals surface area (Å²) in [7, 11) is 1.34. The van der Waals surface area contributed by atoms with Gasteiger partial charge in [0.15, 0.2) is 17.2 Å². The Kier molecular flexibility index (Phi) is 6.95. The molecule has 7 nitrogen and oxygen atoms in total. The number of ether oxygens (including phenoxy) is 2. The Labute approximate surface area is 200 Å². The molecule has 1 heterocycles. The van der Waals surface area contributed by atoms with E-state index in [2.05, 4.69) is 10.3 Å². The molecule has 0 aliphatic heterocycles. The fourth-order valence-electron chi connectivity index (χ4n) is 4.29. The minimum Gasteiger partial charge on any atom is -0.503 e. The van der Waals surface area contributed by atoms with Crippen LogP contribution in [-0.2, 0) is 16.0 Å². The molecule has 0 spiro atoms. The highest BCUT2D eigenvalue weighted by Crippen LogP contribution is 2.39. The van der Waals surface area contributed by atoms with Gasteiger partial charge in [0.05, 0.1) is 7.11 Å². The lowest BCUT2D eigenvalue weighted by atomic mass is 9.77. The van der Waals surface area contributed by atoms with Crippen LogP contribution in [0.4, 0.5) is 8.78 Å². The van der Waals surface area contributed by atoms with Crippen LogP contribution in [0.2, 0.25) is 0 Å². The zero-order chi connectivity index (χ0) is 25.1. The van der Waals surface area contributed by atoms with E-state index in [0.717, 1.165) is 16.7 Å². The van der Waals surface area contributed by atoms with Gasteiger partial charge in [0.25, 0.3) is 5.91 Å². The van der Waals surface area contributed by atoms with Crippen LogP contribution in [0.15, 0.2) is 54.7 Å². The van der Waals surface area contributed by atoms with Gasteiger partial charge in [0, 0.05) is 18.2 Å². The van der Waals surface area contributed by atoms with Gasteiger partial charge >= 0.3 is 5.97 Å². The highest BCUT2D eigenvalue weighted by Gasteiger charge is 2.35. The van der Waals surface area contributed by atoms with E-state index in [1.54, 1.807) is 18.2 Å². The molecule has 2 N–H and O–H groups in total. The minimum atomic E-state index is -1.06. The normalized spacial score (nSPS) is 17.7. The SMILES string of the molecule is COc1ccnc(C(=O)N[C@@H](C)C(=O)O[C@H]2CCc3cc(F)ccc3[C@@H]2c2ccc(F)cc2)c1O. The second-order valence-electron chi connectivity index (χ2n) is 8.29. The predicted molar refractivity (Wildman–Crippen MR) is 122 cm³/mol. The molecule has 0 bridgehead atoms. The standard InChI is InChI=1S/C26H24F2N2O5/c1-14(30-25(32)23-24(31)21(34-2)11-12-29-23)26(33)35-20-10-5-16-13-18(28)8-9-19(16)22(20)15-3-6-17(27)7-4-15/h3-4,6-9,11-14,20,22,31H,5,10H2,1-2H3,(H,30,32)/t14-,20-,22-/m0/s1. The van der Waals surface area contributed by atoms with Crippen molar-refractivity contribution in [3.05, 3.63) is 88.7 Å². The monoisotopic (exact) mass is 482 g/mol. The molecule has 1 aromatic heterocycles. The molecule has 1 aliphatic rings. The van der Waals surface area contributed by atoms with Gasteiger partial charge in [-0.25, -0.2) is 18.6 Å². The second-order valence-corrected chi connectivity index (χ2v) is 8.29. The number of hydrogen-bond donors (Lipinski definition) is 2. The molecule has 4 rings (SSSR count). The van der Waals surface area contributed by atoms with E-state index >= 15 is 0 Å². The summed E-state index contributed by atoms with van der Waals surface area (Å²) in [6.45, 7) is 1.45. The van der Waals surface area contributed by atoms with Crippen LogP contribution in [0.3, 0.4) is 0 Å².